The largest absolute Gasteiger partial charge is 0.482 e. The molecule has 2 unspecified atom stereocenters. The van der Waals surface area contributed by atoms with Gasteiger partial charge >= 0.3 is 5.97 Å². The minimum atomic E-state index is -0.954. The van der Waals surface area contributed by atoms with Gasteiger partial charge in [-0.25, -0.2) is 4.79 Å². The number of benzene rings is 3. The molecule has 2 atom stereocenters. The predicted octanol–water partition coefficient (Wildman–Crippen LogP) is 5.89. The van der Waals surface area contributed by atoms with Gasteiger partial charge in [0.05, 0.1) is 0 Å². The molecule has 0 heterocycles. The molecule has 0 aromatic heterocycles. The van der Waals surface area contributed by atoms with Gasteiger partial charge in [0.15, 0.2) is 6.61 Å². The first-order valence-corrected chi connectivity index (χ1v) is 10.3. The van der Waals surface area contributed by atoms with E-state index < -0.39 is 5.97 Å². The minimum Gasteiger partial charge on any atom is -0.482 e. The van der Waals surface area contributed by atoms with Crippen LogP contribution in [0.2, 0.25) is 0 Å². The lowest BCUT2D eigenvalue weighted by molar-refractivity contribution is -0.139. The lowest BCUT2D eigenvalue weighted by Crippen LogP contribution is -2.33. The third-order valence-corrected chi connectivity index (χ3v) is 5.95. The van der Waals surface area contributed by atoms with Crippen LogP contribution >= 0.6 is 12.4 Å². The van der Waals surface area contributed by atoms with E-state index in [9.17, 15) is 4.79 Å². The summed E-state index contributed by atoms with van der Waals surface area (Å²) in [5.41, 5.74) is 2.55. The van der Waals surface area contributed by atoms with E-state index in [0.717, 1.165) is 25.8 Å². The fraction of sp³-hybridized carbons (Fsp3) is 0.320. The van der Waals surface area contributed by atoms with E-state index in [4.69, 9.17) is 9.84 Å². The molecule has 4 nitrogen and oxygen atoms in total. The maximum atomic E-state index is 10.8. The predicted molar refractivity (Wildman–Crippen MR) is 124 cm³/mol. The summed E-state index contributed by atoms with van der Waals surface area (Å²) < 4.78 is 5.37. The van der Waals surface area contributed by atoms with Gasteiger partial charge in [-0.1, -0.05) is 48.5 Å². The number of fused-ring (bicyclic) bond motifs is 1. The van der Waals surface area contributed by atoms with Crippen LogP contribution in [-0.2, 0) is 4.79 Å². The van der Waals surface area contributed by atoms with Gasteiger partial charge in [0.25, 0.3) is 0 Å². The molecule has 0 spiro atoms. The zero-order valence-electron chi connectivity index (χ0n) is 17.2. The molecule has 1 aliphatic rings. The average molecular weight is 426 g/mol. The van der Waals surface area contributed by atoms with Gasteiger partial charge in [-0.3, -0.25) is 0 Å². The van der Waals surface area contributed by atoms with Gasteiger partial charge in [0.2, 0.25) is 0 Å². The summed E-state index contributed by atoms with van der Waals surface area (Å²) in [4.78, 5) is 13.3. The Morgan fingerprint density at radius 1 is 1.07 bits per heavy atom. The Morgan fingerprint density at radius 2 is 1.83 bits per heavy atom. The van der Waals surface area contributed by atoms with Gasteiger partial charge < -0.3 is 14.7 Å². The molecule has 158 valence electrons. The number of carboxylic acids is 1. The number of hydrogen-bond acceptors (Lipinski definition) is 3. The highest BCUT2D eigenvalue weighted by Crippen LogP contribution is 2.40. The molecule has 0 saturated heterocycles. The van der Waals surface area contributed by atoms with Gasteiger partial charge in [0.1, 0.15) is 5.75 Å². The highest BCUT2D eigenvalue weighted by molar-refractivity contribution is 5.94. The highest BCUT2D eigenvalue weighted by Gasteiger charge is 2.30. The third kappa shape index (κ3) is 4.71. The SMILES string of the molecule is CCN(c1cccc2ccccc12)C1CCC(c2cccc(OCC(=O)O)c2)C1.Cl. The van der Waals surface area contributed by atoms with E-state index in [1.807, 2.05) is 18.2 Å². The van der Waals surface area contributed by atoms with E-state index in [2.05, 4.69) is 60.4 Å². The van der Waals surface area contributed by atoms with Crippen LogP contribution in [0.5, 0.6) is 5.75 Å². The van der Waals surface area contributed by atoms with E-state index in [0.29, 0.717) is 17.7 Å². The van der Waals surface area contributed by atoms with Crippen molar-refractivity contribution in [2.75, 3.05) is 18.1 Å². The van der Waals surface area contributed by atoms with Crippen molar-refractivity contribution in [2.45, 2.75) is 38.1 Å². The quantitative estimate of drug-likeness (QED) is 0.513. The Balaban J connectivity index is 0.00000256. The Bertz CT molecular complexity index is 1000. The van der Waals surface area contributed by atoms with Crippen molar-refractivity contribution in [3.05, 3.63) is 72.3 Å². The lowest BCUT2D eigenvalue weighted by Gasteiger charge is -2.31. The zero-order valence-corrected chi connectivity index (χ0v) is 18.0. The Morgan fingerprint density at radius 3 is 2.63 bits per heavy atom. The molecule has 0 radical (unpaired) electrons. The molecule has 1 saturated carbocycles. The molecule has 0 amide bonds. The first-order valence-electron chi connectivity index (χ1n) is 10.3. The number of nitrogens with zero attached hydrogens (tertiary/aromatic N) is 1. The lowest BCUT2D eigenvalue weighted by atomic mass is 9.97. The fourth-order valence-corrected chi connectivity index (χ4v) is 4.63. The molecule has 0 bridgehead atoms. The normalized spacial score (nSPS) is 18.0. The summed E-state index contributed by atoms with van der Waals surface area (Å²) in [6.45, 7) is 2.91. The molecule has 30 heavy (non-hydrogen) atoms. The topological polar surface area (TPSA) is 49.8 Å². The second kappa shape index (κ2) is 9.86. The van der Waals surface area contributed by atoms with Gasteiger partial charge in [-0.2, -0.15) is 0 Å². The Hall–Kier alpha value is -2.72. The average Bonchev–Trinajstić information content (AvgIpc) is 3.23. The summed E-state index contributed by atoms with van der Waals surface area (Å²) in [6, 6.07) is 23.6. The van der Waals surface area contributed by atoms with Crippen LogP contribution in [0.15, 0.2) is 66.7 Å². The zero-order chi connectivity index (χ0) is 20.2. The number of ether oxygens (including phenoxy) is 1. The molecular formula is C25H28ClNO3. The number of anilines is 1. The number of carboxylic acid groups (broad SMARTS) is 1. The number of hydrogen-bond donors (Lipinski definition) is 1. The van der Waals surface area contributed by atoms with E-state index in [1.165, 1.54) is 22.0 Å². The van der Waals surface area contributed by atoms with E-state index in [1.54, 1.807) is 0 Å². The summed E-state index contributed by atoms with van der Waals surface area (Å²) in [5.74, 6) is 0.150. The Kier molecular flexibility index (Phi) is 7.22. The number of rotatable bonds is 7. The summed E-state index contributed by atoms with van der Waals surface area (Å²) in [5, 5.41) is 11.4. The highest BCUT2D eigenvalue weighted by atomic mass is 35.5. The first kappa shape index (κ1) is 22.0. The maximum Gasteiger partial charge on any atom is 0.341 e. The number of carbonyl (C=O) groups is 1. The van der Waals surface area contributed by atoms with Crippen molar-refractivity contribution in [1.82, 2.24) is 0 Å². The van der Waals surface area contributed by atoms with Crippen molar-refractivity contribution in [3.8, 4) is 5.75 Å². The van der Waals surface area contributed by atoms with Crippen molar-refractivity contribution in [2.24, 2.45) is 0 Å². The monoisotopic (exact) mass is 425 g/mol. The molecule has 1 N–H and O–H groups in total. The van der Waals surface area contributed by atoms with Crippen LogP contribution in [-0.4, -0.2) is 30.3 Å². The molecule has 5 heteroatoms. The fourth-order valence-electron chi connectivity index (χ4n) is 4.63. The number of aliphatic carboxylic acids is 1. The second-order valence-electron chi connectivity index (χ2n) is 7.70. The maximum absolute atomic E-state index is 10.8. The molecule has 1 fully saturated rings. The molecule has 3 aromatic carbocycles. The minimum absolute atomic E-state index is 0. The molecule has 4 rings (SSSR count). The molecular weight excluding hydrogens is 398 g/mol. The van der Waals surface area contributed by atoms with Crippen LogP contribution in [0.4, 0.5) is 5.69 Å². The summed E-state index contributed by atoms with van der Waals surface area (Å²) in [7, 11) is 0. The first-order chi connectivity index (χ1) is 14.2. The molecule has 1 aliphatic carbocycles. The van der Waals surface area contributed by atoms with Crippen LogP contribution < -0.4 is 9.64 Å². The van der Waals surface area contributed by atoms with Crippen LogP contribution in [0.25, 0.3) is 10.8 Å². The Labute approximate surface area is 183 Å². The van der Waals surface area contributed by atoms with E-state index >= 15 is 0 Å². The second-order valence-corrected chi connectivity index (χ2v) is 7.70. The van der Waals surface area contributed by atoms with Gasteiger partial charge in [-0.05, 0) is 61.3 Å². The third-order valence-electron chi connectivity index (χ3n) is 5.95. The summed E-state index contributed by atoms with van der Waals surface area (Å²) >= 11 is 0. The van der Waals surface area contributed by atoms with Crippen LogP contribution in [0, 0.1) is 0 Å². The number of halogens is 1. The molecule has 0 aliphatic heterocycles. The van der Waals surface area contributed by atoms with Crippen molar-refractivity contribution < 1.29 is 14.6 Å². The van der Waals surface area contributed by atoms with Crippen molar-refractivity contribution in [3.63, 3.8) is 0 Å². The van der Waals surface area contributed by atoms with Crippen LogP contribution in [0.1, 0.15) is 37.7 Å². The van der Waals surface area contributed by atoms with Crippen molar-refractivity contribution in [1.29, 1.82) is 0 Å². The summed E-state index contributed by atoms with van der Waals surface area (Å²) in [6.07, 6.45) is 3.38. The van der Waals surface area contributed by atoms with Gasteiger partial charge in [-0.15, -0.1) is 12.4 Å². The van der Waals surface area contributed by atoms with Gasteiger partial charge in [0, 0.05) is 23.7 Å². The molecule has 3 aromatic rings. The van der Waals surface area contributed by atoms with E-state index in [-0.39, 0.29) is 19.0 Å². The standard InChI is InChI=1S/C25H27NO3.ClH/c1-2-26(24-12-6-8-18-7-3-4-11-23(18)24)21-14-13-20(15-21)19-9-5-10-22(16-19)29-17-25(27)28;/h3-12,16,20-21H,2,13-15,17H2,1H3,(H,27,28);1H. The van der Waals surface area contributed by atoms with Crippen LogP contribution in [0.3, 0.4) is 0 Å². The smallest absolute Gasteiger partial charge is 0.341 e. The van der Waals surface area contributed by atoms with Crippen molar-refractivity contribution >= 4 is 34.8 Å².